The second-order valence-corrected chi connectivity index (χ2v) is 5.05. The second-order valence-electron chi connectivity index (χ2n) is 4.48. The molecule has 1 aromatic rings. The van der Waals surface area contributed by atoms with Crippen molar-refractivity contribution >= 4 is 17.9 Å². The van der Waals surface area contributed by atoms with Crippen LogP contribution in [0.5, 0.6) is 17.2 Å². The summed E-state index contributed by atoms with van der Waals surface area (Å²) in [5.74, 6) is 1.70. The van der Waals surface area contributed by atoms with Crippen LogP contribution in [0.2, 0.25) is 0 Å². The maximum atomic E-state index is 6.18. The Morgan fingerprint density at radius 3 is 2.29 bits per heavy atom. The van der Waals surface area contributed by atoms with E-state index in [0.29, 0.717) is 23.7 Å². The molecule has 0 amide bonds. The Balaban J connectivity index is 2.35. The van der Waals surface area contributed by atoms with Crippen molar-refractivity contribution in [1.82, 2.24) is 5.32 Å². The van der Waals surface area contributed by atoms with Crippen molar-refractivity contribution in [1.29, 1.82) is 0 Å². The lowest BCUT2D eigenvalue weighted by molar-refractivity contribution is 0.324. The first-order valence-electron chi connectivity index (χ1n) is 6.27. The molecule has 1 atom stereocenters. The van der Waals surface area contributed by atoms with Gasteiger partial charge in [-0.2, -0.15) is 0 Å². The van der Waals surface area contributed by atoms with Crippen LogP contribution in [0.3, 0.4) is 0 Å². The van der Waals surface area contributed by atoms with E-state index in [1.54, 1.807) is 27.5 Å². The molecule has 1 heterocycles. The standard InChI is InChI=1S/C14H18ClN3O3/c1-19-11-5-9(6-12(20-2)13(11)21-3)4-10-7-17-8-18-14(10,15)16/h5-8H,4,16H2,1-3H3,(H,17,18). The number of nitrogens with one attached hydrogen (secondary N) is 1. The number of hydrogen-bond acceptors (Lipinski definition) is 6. The van der Waals surface area contributed by atoms with Crippen molar-refractivity contribution in [2.45, 2.75) is 11.5 Å². The summed E-state index contributed by atoms with van der Waals surface area (Å²) in [6, 6.07) is 3.71. The first-order chi connectivity index (χ1) is 10.0. The lowest BCUT2D eigenvalue weighted by Gasteiger charge is -2.24. The van der Waals surface area contributed by atoms with Crippen LogP contribution >= 0.6 is 11.6 Å². The number of nitrogens with zero attached hydrogens (tertiary/aromatic N) is 1. The molecule has 3 N–H and O–H groups in total. The SMILES string of the molecule is COc1cc(CC2=CNC=NC2(N)Cl)cc(OC)c1OC. The Morgan fingerprint density at radius 2 is 1.81 bits per heavy atom. The van der Waals surface area contributed by atoms with Gasteiger partial charge in [-0.05, 0) is 17.7 Å². The van der Waals surface area contributed by atoms with Crippen LogP contribution in [-0.4, -0.2) is 32.8 Å². The molecule has 0 spiro atoms. The third-order valence-electron chi connectivity index (χ3n) is 3.15. The number of methoxy groups -OCH3 is 3. The Bertz CT molecular complexity index is 560. The second kappa shape index (κ2) is 6.24. The van der Waals surface area contributed by atoms with Gasteiger partial charge in [0.05, 0.1) is 27.7 Å². The molecule has 0 aliphatic carbocycles. The van der Waals surface area contributed by atoms with Crippen LogP contribution < -0.4 is 25.3 Å². The van der Waals surface area contributed by atoms with Gasteiger partial charge in [0.1, 0.15) is 0 Å². The number of alkyl halides is 1. The summed E-state index contributed by atoms with van der Waals surface area (Å²) >= 11 is 6.18. The van der Waals surface area contributed by atoms with E-state index >= 15 is 0 Å². The lowest BCUT2D eigenvalue weighted by Crippen LogP contribution is -2.38. The summed E-state index contributed by atoms with van der Waals surface area (Å²) in [7, 11) is 4.70. The molecule has 1 aromatic carbocycles. The van der Waals surface area contributed by atoms with Crippen LogP contribution in [0.4, 0.5) is 0 Å². The van der Waals surface area contributed by atoms with Crippen LogP contribution in [0.25, 0.3) is 0 Å². The minimum absolute atomic E-state index is 0.501. The van der Waals surface area contributed by atoms with E-state index in [0.717, 1.165) is 11.1 Å². The maximum Gasteiger partial charge on any atom is 0.209 e. The van der Waals surface area contributed by atoms with Crippen molar-refractivity contribution in [3.63, 3.8) is 0 Å². The van der Waals surface area contributed by atoms with Gasteiger partial charge in [-0.1, -0.05) is 11.6 Å². The first-order valence-corrected chi connectivity index (χ1v) is 6.65. The van der Waals surface area contributed by atoms with E-state index < -0.39 is 5.12 Å². The van der Waals surface area contributed by atoms with Crippen molar-refractivity contribution in [3.8, 4) is 17.2 Å². The van der Waals surface area contributed by atoms with Crippen LogP contribution in [-0.2, 0) is 6.42 Å². The Kier molecular flexibility index (Phi) is 4.59. The van der Waals surface area contributed by atoms with Gasteiger partial charge < -0.3 is 19.5 Å². The molecule has 1 aliphatic heterocycles. The van der Waals surface area contributed by atoms with E-state index in [1.807, 2.05) is 12.1 Å². The quantitative estimate of drug-likeness (QED) is 0.638. The molecule has 0 bridgehead atoms. The van der Waals surface area contributed by atoms with E-state index in [1.165, 1.54) is 6.34 Å². The summed E-state index contributed by atoms with van der Waals surface area (Å²) in [6.07, 6.45) is 3.70. The molecule has 7 heteroatoms. The highest BCUT2D eigenvalue weighted by molar-refractivity contribution is 6.25. The van der Waals surface area contributed by atoms with Crippen LogP contribution in [0.1, 0.15) is 5.56 Å². The summed E-state index contributed by atoms with van der Waals surface area (Å²) < 4.78 is 15.9. The summed E-state index contributed by atoms with van der Waals surface area (Å²) in [4.78, 5) is 4.01. The van der Waals surface area contributed by atoms with E-state index in [-0.39, 0.29) is 0 Å². The first kappa shape index (κ1) is 15.5. The number of hydrogen-bond donors (Lipinski definition) is 2. The molecule has 21 heavy (non-hydrogen) atoms. The number of aliphatic imine (C=N–C) groups is 1. The summed E-state index contributed by atoms with van der Waals surface area (Å²) in [5, 5.41) is 1.64. The van der Waals surface area contributed by atoms with Crippen molar-refractivity contribution in [2.24, 2.45) is 10.7 Å². The largest absolute Gasteiger partial charge is 0.493 e. The van der Waals surface area contributed by atoms with Crippen LogP contribution in [0.15, 0.2) is 28.9 Å². The van der Waals surface area contributed by atoms with Crippen molar-refractivity contribution in [2.75, 3.05) is 21.3 Å². The molecule has 1 unspecified atom stereocenters. The highest BCUT2D eigenvalue weighted by atomic mass is 35.5. The minimum Gasteiger partial charge on any atom is -0.493 e. The number of benzene rings is 1. The zero-order valence-electron chi connectivity index (χ0n) is 12.1. The predicted molar refractivity (Wildman–Crippen MR) is 82.3 cm³/mol. The van der Waals surface area contributed by atoms with Gasteiger partial charge in [0.15, 0.2) is 11.5 Å². The number of ether oxygens (including phenoxy) is 3. The van der Waals surface area contributed by atoms with E-state index in [2.05, 4.69) is 10.3 Å². The summed E-state index contributed by atoms with van der Waals surface area (Å²) in [6.45, 7) is 0. The zero-order valence-corrected chi connectivity index (χ0v) is 12.9. The van der Waals surface area contributed by atoms with Crippen molar-refractivity contribution < 1.29 is 14.2 Å². The van der Waals surface area contributed by atoms with Gasteiger partial charge in [-0.3, -0.25) is 5.73 Å². The summed E-state index contributed by atoms with van der Waals surface area (Å²) in [5.41, 5.74) is 7.60. The Hall–Kier alpha value is -1.92. The van der Waals surface area contributed by atoms with Crippen molar-refractivity contribution in [3.05, 3.63) is 29.5 Å². The molecule has 0 saturated carbocycles. The Labute approximate surface area is 128 Å². The highest BCUT2D eigenvalue weighted by Crippen LogP contribution is 2.39. The van der Waals surface area contributed by atoms with Crippen LogP contribution in [0, 0.1) is 0 Å². The highest BCUT2D eigenvalue weighted by Gasteiger charge is 2.28. The molecule has 0 aromatic heterocycles. The van der Waals surface area contributed by atoms with Gasteiger partial charge in [0.25, 0.3) is 0 Å². The lowest BCUT2D eigenvalue weighted by atomic mass is 10.0. The topological polar surface area (TPSA) is 78.1 Å². The molecular weight excluding hydrogens is 294 g/mol. The molecule has 0 saturated heterocycles. The monoisotopic (exact) mass is 311 g/mol. The molecule has 1 aliphatic rings. The molecule has 2 rings (SSSR count). The maximum absolute atomic E-state index is 6.18. The fourth-order valence-corrected chi connectivity index (χ4v) is 2.26. The molecule has 0 fully saturated rings. The van der Waals surface area contributed by atoms with Gasteiger partial charge in [0.2, 0.25) is 10.9 Å². The van der Waals surface area contributed by atoms with E-state index in [4.69, 9.17) is 31.5 Å². The smallest absolute Gasteiger partial charge is 0.209 e. The minimum atomic E-state index is -1.24. The zero-order chi connectivity index (χ0) is 15.5. The molecule has 0 radical (unpaired) electrons. The van der Waals surface area contributed by atoms with E-state index in [9.17, 15) is 0 Å². The third kappa shape index (κ3) is 3.22. The van der Waals surface area contributed by atoms with Gasteiger partial charge in [0, 0.05) is 18.2 Å². The average Bonchev–Trinajstić information content (AvgIpc) is 2.48. The van der Waals surface area contributed by atoms with Gasteiger partial charge in [-0.15, -0.1) is 0 Å². The predicted octanol–water partition coefficient (Wildman–Crippen LogP) is 1.62. The number of halogens is 1. The molecule has 114 valence electrons. The average molecular weight is 312 g/mol. The third-order valence-corrected chi connectivity index (χ3v) is 3.49. The molecular formula is C14H18ClN3O3. The fraction of sp³-hybridized carbons (Fsp3) is 0.357. The van der Waals surface area contributed by atoms with Gasteiger partial charge in [-0.25, -0.2) is 4.99 Å². The normalized spacial score (nSPS) is 20.5. The number of rotatable bonds is 5. The van der Waals surface area contributed by atoms with Gasteiger partial charge >= 0.3 is 0 Å². The fourth-order valence-electron chi connectivity index (χ4n) is 2.09. The Morgan fingerprint density at radius 1 is 1.19 bits per heavy atom. The molecule has 6 nitrogen and oxygen atoms in total. The number of nitrogens with two attached hydrogens (primary N) is 1.